The van der Waals surface area contributed by atoms with Gasteiger partial charge in [0, 0.05) is 0 Å². The summed E-state index contributed by atoms with van der Waals surface area (Å²) in [6.07, 6.45) is -0.858. The summed E-state index contributed by atoms with van der Waals surface area (Å²) in [5.74, 6) is 5.91. The fraction of sp³-hybridized carbons (Fsp3) is 0.238. The Morgan fingerprint density at radius 2 is 1.89 bits per heavy atom. The van der Waals surface area contributed by atoms with Crippen LogP contribution in [-0.2, 0) is 6.18 Å². The average Bonchev–Trinajstić information content (AvgIpc) is 3.09. The summed E-state index contributed by atoms with van der Waals surface area (Å²) in [7, 11) is 0. The lowest BCUT2D eigenvalue weighted by molar-refractivity contribution is -0.137. The van der Waals surface area contributed by atoms with Crippen molar-refractivity contribution in [1.82, 2.24) is 5.43 Å². The van der Waals surface area contributed by atoms with Crippen molar-refractivity contribution in [2.75, 3.05) is 0 Å². The van der Waals surface area contributed by atoms with Crippen LogP contribution in [0.5, 0.6) is 0 Å². The lowest BCUT2D eigenvalue weighted by Crippen LogP contribution is -2.23. The molecule has 3 rings (SSSR count). The molecule has 0 amide bonds. The first kappa shape index (κ1) is 18.7. The molecule has 2 atom stereocenters. The molecule has 0 saturated carbocycles. The smallest absolute Gasteiger partial charge is 0.274 e. The minimum Gasteiger partial charge on any atom is -0.274 e. The Kier molecular flexibility index (Phi) is 5.31. The SMILES string of the molecule is CC#CC1NN=NC1c1cccc(/C=C/c2cccc(C(F)(F)F)c2)c1C. The summed E-state index contributed by atoms with van der Waals surface area (Å²) in [5.41, 5.74) is 5.62. The molecular formula is C21H18F3N3. The van der Waals surface area contributed by atoms with E-state index in [1.165, 1.54) is 6.07 Å². The van der Waals surface area contributed by atoms with Gasteiger partial charge in [-0.15, -0.1) is 5.92 Å². The van der Waals surface area contributed by atoms with Crippen molar-refractivity contribution in [3.63, 3.8) is 0 Å². The first-order valence-corrected chi connectivity index (χ1v) is 8.42. The van der Waals surface area contributed by atoms with Crippen LogP contribution in [-0.4, -0.2) is 6.04 Å². The number of hydrogen-bond acceptors (Lipinski definition) is 3. The highest BCUT2D eigenvalue weighted by Crippen LogP contribution is 2.31. The maximum absolute atomic E-state index is 12.9. The summed E-state index contributed by atoms with van der Waals surface area (Å²) in [4.78, 5) is 0. The topological polar surface area (TPSA) is 36.8 Å². The number of nitrogens with zero attached hydrogens (tertiary/aromatic N) is 2. The minimum absolute atomic E-state index is 0.184. The Hall–Kier alpha value is -3.07. The van der Waals surface area contributed by atoms with Crippen molar-refractivity contribution in [3.8, 4) is 11.8 Å². The number of benzene rings is 2. The van der Waals surface area contributed by atoms with Crippen LogP contribution in [0.25, 0.3) is 12.2 Å². The fourth-order valence-electron chi connectivity index (χ4n) is 2.98. The second kappa shape index (κ2) is 7.67. The molecule has 2 unspecified atom stereocenters. The highest BCUT2D eigenvalue weighted by Gasteiger charge is 2.30. The quantitative estimate of drug-likeness (QED) is 0.556. The van der Waals surface area contributed by atoms with Gasteiger partial charge in [0.2, 0.25) is 0 Å². The third-order valence-electron chi connectivity index (χ3n) is 4.40. The van der Waals surface area contributed by atoms with Crippen LogP contribution in [0.1, 0.15) is 40.8 Å². The van der Waals surface area contributed by atoms with Crippen molar-refractivity contribution < 1.29 is 13.2 Å². The third-order valence-corrected chi connectivity index (χ3v) is 4.40. The summed E-state index contributed by atoms with van der Waals surface area (Å²) in [5, 5.41) is 8.11. The molecule has 0 radical (unpaired) electrons. The van der Waals surface area contributed by atoms with Crippen LogP contribution in [0.4, 0.5) is 13.2 Å². The van der Waals surface area contributed by atoms with Crippen molar-refractivity contribution in [1.29, 1.82) is 0 Å². The van der Waals surface area contributed by atoms with E-state index in [-0.39, 0.29) is 12.1 Å². The zero-order valence-corrected chi connectivity index (χ0v) is 14.9. The van der Waals surface area contributed by atoms with E-state index in [4.69, 9.17) is 0 Å². The zero-order valence-electron chi connectivity index (χ0n) is 14.9. The minimum atomic E-state index is -4.35. The Morgan fingerprint density at radius 1 is 1.11 bits per heavy atom. The molecule has 1 aliphatic heterocycles. The molecule has 6 heteroatoms. The fourth-order valence-corrected chi connectivity index (χ4v) is 2.98. The van der Waals surface area contributed by atoms with E-state index in [1.54, 1.807) is 19.1 Å². The summed E-state index contributed by atoms with van der Waals surface area (Å²) in [6, 6.07) is 10.7. The number of hydrogen-bond donors (Lipinski definition) is 1. The first-order chi connectivity index (χ1) is 12.9. The predicted octanol–water partition coefficient (Wildman–Crippen LogP) is 5.59. The molecule has 3 nitrogen and oxygen atoms in total. The van der Waals surface area contributed by atoms with Gasteiger partial charge < -0.3 is 0 Å². The van der Waals surface area contributed by atoms with Gasteiger partial charge in [0.25, 0.3) is 0 Å². The summed E-state index contributed by atoms with van der Waals surface area (Å²) >= 11 is 0. The Balaban J connectivity index is 1.89. The second-order valence-electron chi connectivity index (χ2n) is 6.18. The number of alkyl halides is 3. The maximum Gasteiger partial charge on any atom is 0.416 e. The molecule has 0 spiro atoms. The van der Waals surface area contributed by atoms with Crippen LogP contribution in [0.3, 0.4) is 0 Å². The van der Waals surface area contributed by atoms with E-state index in [9.17, 15) is 13.2 Å². The van der Waals surface area contributed by atoms with Crippen molar-refractivity contribution in [3.05, 3.63) is 70.3 Å². The number of halogens is 3. The normalized spacial score (nSPS) is 19.0. The predicted molar refractivity (Wildman–Crippen MR) is 99.5 cm³/mol. The third kappa shape index (κ3) is 4.20. The van der Waals surface area contributed by atoms with Crippen LogP contribution < -0.4 is 5.43 Å². The van der Waals surface area contributed by atoms with Gasteiger partial charge in [0.05, 0.1) is 5.56 Å². The van der Waals surface area contributed by atoms with E-state index >= 15 is 0 Å². The van der Waals surface area contributed by atoms with Crippen LogP contribution in [0.15, 0.2) is 52.8 Å². The number of nitrogens with one attached hydrogen (secondary N) is 1. The Morgan fingerprint density at radius 3 is 2.63 bits per heavy atom. The van der Waals surface area contributed by atoms with E-state index in [0.717, 1.165) is 28.8 Å². The Labute approximate surface area is 156 Å². The molecule has 2 aromatic rings. The molecule has 27 heavy (non-hydrogen) atoms. The van der Waals surface area contributed by atoms with Gasteiger partial charge >= 0.3 is 6.18 Å². The van der Waals surface area contributed by atoms with Gasteiger partial charge in [0.15, 0.2) is 0 Å². The van der Waals surface area contributed by atoms with Crippen LogP contribution in [0, 0.1) is 18.8 Å². The summed E-state index contributed by atoms with van der Waals surface area (Å²) < 4.78 is 38.6. The van der Waals surface area contributed by atoms with Gasteiger partial charge in [-0.25, -0.2) is 0 Å². The molecule has 0 saturated heterocycles. The van der Waals surface area contributed by atoms with Crippen LogP contribution in [0.2, 0.25) is 0 Å². The molecule has 1 heterocycles. The molecule has 0 fully saturated rings. The summed E-state index contributed by atoms with van der Waals surface area (Å²) in [6.45, 7) is 3.73. The monoisotopic (exact) mass is 369 g/mol. The van der Waals surface area contributed by atoms with Crippen LogP contribution >= 0.6 is 0 Å². The van der Waals surface area contributed by atoms with Crippen molar-refractivity contribution >= 4 is 12.2 Å². The molecule has 0 aliphatic carbocycles. The van der Waals surface area contributed by atoms with E-state index in [2.05, 4.69) is 27.6 Å². The first-order valence-electron chi connectivity index (χ1n) is 8.42. The average molecular weight is 369 g/mol. The largest absolute Gasteiger partial charge is 0.416 e. The van der Waals surface area contributed by atoms with Gasteiger partial charge in [-0.3, -0.25) is 5.43 Å². The molecule has 1 N–H and O–H groups in total. The Bertz CT molecular complexity index is 949. The molecular weight excluding hydrogens is 351 g/mol. The van der Waals surface area contributed by atoms with E-state index in [0.29, 0.717) is 5.56 Å². The standard InChI is InChI=1S/C21H18F3N3/c1-3-6-19-20(26-27-25-19)18-10-5-8-16(14(18)2)12-11-15-7-4-9-17(13-15)21(22,23)24/h4-5,7-13,19-20H,1-2H3,(H,25,26)/b12-11+. The molecule has 0 aromatic heterocycles. The molecule has 1 aliphatic rings. The van der Waals surface area contributed by atoms with Crippen molar-refractivity contribution in [2.24, 2.45) is 10.3 Å². The lowest BCUT2D eigenvalue weighted by atomic mass is 9.93. The van der Waals surface area contributed by atoms with E-state index < -0.39 is 11.7 Å². The molecule has 2 aromatic carbocycles. The van der Waals surface area contributed by atoms with Crippen molar-refractivity contribution in [2.45, 2.75) is 32.1 Å². The number of rotatable bonds is 3. The zero-order chi connectivity index (χ0) is 19.4. The molecule has 0 bridgehead atoms. The van der Waals surface area contributed by atoms with E-state index in [1.807, 2.05) is 31.2 Å². The lowest BCUT2D eigenvalue weighted by Gasteiger charge is -2.15. The highest BCUT2D eigenvalue weighted by molar-refractivity contribution is 5.72. The van der Waals surface area contributed by atoms with Gasteiger partial charge in [0.1, 0.15) is 12.1 Å². The second-order valence-corrected chi connectivity index (χ2v) is 6.18. The highest BCUT2D eigenvalue weighted by atomic mass is 19.4. The van der Waals surface area contributed by atoms with Gasteiger partial charge in [-0.05, 0) is 48.2 Å². The maximum atomic E-state index is 12.9. The molecule has 138 valence electrons. The van der Waals surface area contributed by atoms with Gasteiger partial charge in [-0.2, -0.15) is 18.3 Å². The van der Waals surface area contributed by atoms with Gasteiger partial charge in [-0.1, -0.05) is 53.6 Å².